The summed E-state index contributed by atoms with van der Waals surface area (Å²) < 4.78 is 41.1. The summed E-state index contributed by atoms with van der Waals surface area (Å²) >= 11 is -0.670. The van der Waals surface area contributed by atoms with E-state index in [-0.39, 0.29) is 12.2 Å². The van der Waals surface area contributed by atoms with E-state index in [1.54, 1.807) is 6.07 Å². The molecule has 0 saturated heterocycles. The fourth-order valence-electron chi connectivity index (χ4n) is 1.87. The van der Waals surface area contributed by atoms with Gasteiger partial charge in [-0.25, -0.2) is 0 Å². The van der Waals surface area contributed by atoms with Crippen LogP contribution in [0.15, 0.2) is 43.0 Å². The molecule has 1 aromatic rings. The van der Waals surface area contributed by atoms with E-state index in [0.717, 1.165) is 6.08 Å². The molecule has 1 atom stereocenters. The molecular weight excluding hydrogens is 317 g/mol. The maximum Gasteiger partial charge on any atom is 0.443 e. The van der Waals surface area contributed by atoms with Gasteiger partial charge < -0.3 is 4.74 Å². The molecule has 0 aromatic heterocycles. The highest BCUT2D eigenvalue weighted by Gasteiger charge is 2.54. The third-order valence-corrected chi connectivity index (χ3v) is 3.83. The minimum Gasteiger partial charge on any atom is -0.465 e. The van der Waals surface area contributed by atoms with Crippen LogP contribution in [0.25, 0.3) is 0 Å². The van der Waals surface area contributed by atoms with Crippen molar-refractivity contribution in [3.05, 3.63) is 48.6 Å². The summed E-state index contributed by atoms with van der Waals surface area (Å²) in [6.07, 6.45) is 0.625. The quantitative estimate of drug-likeness (QED) is 0.328. The number of rotatable bonds is 7. The number of ether oxygens (including phenoxy) is 1. The summed E-state index contributed by atoms with van der Waals surface area (Å²) in [5.74, 6) is -2.17. The highest BCUT2D eigenvalue weighted by atomic mass is 32.2. The Kier molecular flexibility index (Phi) is 6.22. The molecule has 22 heavy (non-hydrogen) atoms. The van der Waals surface area contributed by atoms with Gasteiger partial charge in [0.05, 0.1) is 6.61 Å². The fraction of sp³-hybridized carbons (Fsp3) is 0.333. The monoisotopic (exact) mass is 332 g/mol. The Morgan fingerprint density at radius 3 is 2.32 bits per heavy atom. The van der Waals surface area contributed by atoms with Crippen molar-refractivity contribution in [1.29, 1.82) is 0 Å². The summed E-state index contributed by atoms with van der Waals surface area (Å²) in [7, 11) is 0. The minimum atomic E-state index is -4.78. The van der Waals surface area contributed by atoms with E-state index in [4.69, 9.17) is 4.74 Å². The zero-order valence-corrected chi connectivity index (χ0v) is 12.7. The molecule has 7 heteroatoms. The Hall–Kier alpha value is -1.76. The number of allylic oxidation sites excluding steroid dienone is 1. The third kappa shape index (κ3) is 4.37. The number of benzene rings is 1. The summed E-state index contributed by atoms with van der Waals surface area (Å²) in [5.41, 5.74) is -4.77. The van der Waals surface area contributed by atoms with Gasteiger partial charge in [-0.1, -0.05) is 36.4 Å². The number of Topliss-reactive ketones (excluding diaryl/α,β-unsaturated/α-hetero) is 1. The number of hydrogen-bond acceptors (Lipinski definition) is 4. The standard InChI is InChI=1S/C15H15F3O3S/c1-3-10-14(13(20)21-4-2,22-15(16,17)18)12(19)11-8-6-5-7-9-11/h3,5-9H,1,4,10H2,2H3. The lowest BCUT2D eigenvalue weighted by Crippen LogP contribution is -2.46. The second kappa shape index (κ2) is 7.49. The highest BCUT2D eigenvalue weighted by Crippen LogP contribution is 2.45. The first-order chi connectivity index (χ1) is 10.3. The molecule has 0 bridgehead atoms. The Bertz CT molecular complexity index is 543. The second-order valence-electron chi connectivity index (χ2n) is 4.28. The van der Waals surface area contributed by atoms with Gasteiger partial charge >= 0.3 is 11.5 Å². The van der Waals surface area contributed by atoms with Gasteiger partial charge in [0.25, 0.3) is 0 Å². The first-order valence-corrected chi connectivity index (χ1v) is 7.23. The zero-order chi connectivity index (χ0) is 16.8. The molecule has 0 saturated carbocycles. The van der Waals surface area contributed by atoms with E-state index >= 15 is 0 Å². The number of carbonyl (C=O) groups is 2. The Balaban J connectivity index is 3.37. The van der Waals surface area contributed by atoms with E-state index in [0.29, 0.717) is 0 Å². The van der Waals surface area contributed by atoms with Crippen molar-refractivity contribution >= 4 is 23.5 Å². The fourth-order valence-corrected chi connectivity index (χ4v) is 2.82. The van der Waals surface area contributed by atoms with Crippen LogP contribution in [0, 0.1) is 0 Å². The number of esters is 1. The van der Waals surface area contributed by atoms with E-state index in [1.165, 1.54) is 31.2 Å². The van der Waals surface area contributed by atoms with Crippen LogP contribution in [-0.2, 0) is 9.53 Å². The zero-order valence-electron chi connectivity index (χ0n) is 11.9. The second-order valence-corrected chi connectivity index (χ2v) is 5.65. The lowest BCUT2D eigenvalue weighted by molar-refractivity contribution is -0.145. The average Bonchev–Trinajstić information content (AvgIpc) is 2.45. The number of hydrogen-bond donors (Lipinski definition) is 0. The van der Waals surface area contributed by atoms with Crippen LogP contribution >= 0.6 is 11.8 Å². The number of ketones is 1. The van der Waals surface area contributed by atoms with E-state index < -0.39 is 40.2 Å². The summed E-state index contributed by atoms with van der Waals surface area (Å²) in [5, 5.41) is 0. The van der Waals surface area contributed by atoms with Crippen LogP contribution in [0.2, 0.25) is 0 Å². The summed E-state index contributed by atoms with van der Waals surface area (Å²) in [6, 6.07) is 7.35. The maximum atomic E-state index is 12.9. The van der Waals surface area contributed by atoms with Gasteiger partial charge in [-0.15, -0.1) is 6.58 Å². The summed E-state index contributed by atoms with van der Waals surface area (Å²) in [4.78, 5) is 24.7. The molecule has 1 aromatic carbocycles. The molecule has 0 aliphatic carbocycles. The number of alkyl halides is 3. The third-order valence-electron chi connectivity index (χ3n) is 2.73. The number of halogens is 3. The highest BCUT2D eigenvalue weighted by molar-refractivity contribution is 8.03. The summed E-state index contributed by atoms with van der Waals surface area (Å²) in [6.45, 7) is 4.69. The Labute approximate surface area is 130 Å². The Morgan fingerprint density at radius 2 is 1.86 bits per heavy atom. The molecular formula is C15H15F3O3S. The van der Waals surface area contributed by atoms with E-state index in [2.05, 4.69) is 6.58 Å². The van der Waals surface area contributed by atoms with Gasteiger partial charge in [0, 0.05) is 5.56 Å². The van der Waals surface area contributed by atoms with Crippen molar-refractivity contribution in [2.24, 2.45) is 0 Å². The van der Waals surface area contributed by atoms with Crippen LogP contribution in [0.5, 0.6) is 0 Å². The van der Waals surface area contributed by atoms with Gasteiger partial charge in [-0.2, -0.15) is 13.2 Å². The SMILES string of the molecule is C=CCC(SC(F)(F)F)(C(=O)OCC)C(=O)c1ccccc1. The molecule has 0 radical (unpaired) electrons. The molecule has 0 N–H and O–H groups in total. The van der Waals surface area contributed by atoms with Crippen molar-refractivity contribution in [2.45, 2.75) is 23.6 Å². The van der Waals surface area contributed by atoms with Gasteiger partial charge in [0.15, 0.2) is 10.5 Å². The average molecular weight is 332 g/mol. The van der Waals surface area contributed by atoms with Crippen molar-refractivity contribution in [2.75, 3.05) is 6.61 Å². The first kappa shape index (κ1) is 18.3. The van der Waals surface area contributed by atoms with Crippen LogP contribution in [0.3, 0.4) is 0 Å². The van der Waals surface area contributed by atoms with Crippen LogP contribution in [-0.4, -0.2) is 28.6 Å². The predicted molar refractivity (Wildman–Crippen MR) is 78.6 cm³/mol. The number of thioether (sulfide) groups is 1. The smallest absolute Gasteiger partial charge is 0.443 e. The molecule has 0 heterocycles. The molecule has 0 aliphatic heterocycles. The van der Waals surface area contributed by atoms with E-state index in [1.807, 2.05) is 0 Å². The molecule has 1 rings (SSSR count). The van der Waals surface area contributed by atoms with E-state index in [9.17, 15) is 22.8 Å². The first-order valence-electron chi connectivity index (χ1n) is 6.41. The van der Waals surface area contributed by atoms with Gasteiger partial charge in [-0.3, -0.25) is 9.59 Å². The van der Waals surface area contributed by atoms with Gasteiger partial charge in [0.2, 0.25) is 0 Å². The minimum absolute atomic E-state index is 0.00848. The molecule has 0 fully saturated rings. The number of carbonyl (C=O) groups excluding carboxylic acids is 2. The molecule has 1 unspecified atom stereocenters. The van der Waals surface area contributed by atoms with Crippen molar-refractivity contribution in [1.82, 2.24) is 0 Å². The molecule has 0 amide bonds. The maximum absolute atomic E-state index is 12.9. The molecule has 3 nitrogen and oxygen atoms in total. The Morgan fingerprint density at radius 1 is 1.27 bits per heavy atom. The lowest BCUT2D eigenvalue weighted by atomic mass is 9.93. The molecule has 0 spiro atoms. The van der Waals surface area contributed by atoms with Gasteiger partial charge in [-0.05, 0) is 25.1 Å². The van der Waals surface area contributed by atoms with Crippen molar-refractivity contribution < 1.29 is 27.5 Å². The van der Waals surface area contributed by atoms with Crippen molar-refractivity contribution in [3.63, 3.8) is 0 Å². The van der Waals surface area contributed by atoms with Crippen LogP contribution in [0.1, 0.15) is 23.7 Å². The van der Waals surface area contributed by atoms with Crippen LogP contribution < -0.4 is 0 Å². The van der Waals surface area contributed by atoms with Crippen molar-refractivity contribution in [3.8, 4) is 0 Å². The predicted octanol–water partition coefficient (Wildman–Crippen LogP) is 4.00. The van der Waals surface area contributed by atoms with Gasteiger partial charge in [0.1, 0.15) is 0 Å². The lowest BCUT2D eigenvalue weighted by Gasteiger charge is -2.29. The normalized spacial score (nSPS) is 14.0. The largest absolute Gasteiger partial charge is 0.465 e. The topological polar surface area (TPSA) is 43.4 Å². The van der Waals surface area contributed by atoms with Crippen LogP contribution in [0.4, 0.5) is 13.2 Å². The molecule has 120 valence electrons. The molecule has 0 aliphatic rings.